The number of hydrogen-bond donors (Lipinski definition) is 0. The van der Waals surface area contributed by atoms with Gasteiger partial charge in [0.2, 0.25) is 5.91 Å². The summed E-state index contributed by atoms with van der Waals surface area (Å²) in [5, 5.41) is 1.33. The van der Waals surface area contributed by atoms with Crippen LogP contribution in [0.3, 0.4) is 0 Å². The predicted octanol–water partition coefficient (Wildman–Crippen LogP) is 1.88. The molecular weight excluding hydrogens is 412 g/mol. The van der Waals surface area contributed by atoms with E-state index in [2.05, 4.69) is 4.98 Å². The van der Waals surface area contributed by atoms with Crippen molar-refractivity contribution in [3.63, 3.8) is 0 Å². The third-order valence-electron chi connectivity index (χ3n) is 5.39. The highest BCUT2D eigenvalue weighted by Gasteiger charge is 2.26. The van der Waals surface area contributed by atoms with Crippen molar-refractivity contribution in [1.82, 2.24) is 19.4 Å². The molecule has 8 nitrogen and oxygen atoms in total. The number of piperazine rings is 1. The molecule has 2 amide bonds. The van der Waals surface area contributed by atoms with Crippen LogP contribution in [0, 0.1) is 0 Å². The van der Waals surface area contributed by atoms with Crippen molar-refractivity contribution >= 4 is 45.3 Å². The van der Waals surface area contributed by atoms with E-state index in [1.807, 2.05) is 0 Å². The lowest BCUT2D eigenvalue weighted by Gasteiger charge is -2.34. The molecule has 1 aliphatic heterocycles. The van der Waals surface area contributed by atoms with Crippen LogP contribution in [0.15, 0.2) is 9.95 Å². The third-order valence-corrected chi connectivity index (χ3v) is 7.59. The van der Waals surface area contributed by atoms with E-state index in [1.165, 1.54) is 22.2 Å². The number of carbonyl (C=O) groups is 2. The average molecular weight is 437 g/mol. The minimum absolute atomic E-state index is 0.0125. The number of hydrogen-bond acceptors (Lipinski definition) is 7. The Bertz CT molecular complexity index is 1010. The molecule has 1 fully saturated rings. The Morgan fingerprint density at radius 3 is 2.62 bits per heavy atom. The number of nitrogens with zero attached hydrogens (tertiary/aromatic N) is 4. The van der Waals surface area contributed by atoms with Crippen LogP contribution >= 0.6 is 23.1 Å². The molecule has 2 aliphatic rings. The number of aryl methyl sites for hydroxylation is 2. The molecule has 0 spiro atoms. The minimum atomic E-state index is -0.329. The van der Waals surface area contributed by atoms with Crippen LogP contribution in [0.2, 0.25) is 0 Å². The summed E-state index contributed by atoms with van der Waals surface area (Å²) in [6, 6.07) is 0. The SMILES string of the molecule is CCOC(=O)N1CCN(C(=O)CSc2nc3sc4c(c3c(=O)n2C)CCC4)CC1. The Labute approximate surface area is 176 Å². The first-order chi connectivity index (χ1) is 14.0. The van der Waals surface area contributed by atoms with Crippen LogP contribution in [0.25, 0.3) is 10.2 Å². The zero-order valence-corrected chi connectivity index (χ0v) is 18.2. The molecule has 29 heavy (non-hydrogen) atoms. The van der Waals surface area contributed by atoms with Crippen molar-refractivity contribution in [2.75, 3.05) is 38.5 Å². The summed E-state index contributed by atoms with van der Waals surface area (Å²) >= 11 is 2.91. The number of aromatic nitrogens is 2. The highest BCUT2D eigenvalue weighted by molar-refractivity contribution is 7.99. The van der Waals surface area contributed by atoms with E-state index in [-0.39, 0.29) is 23.3 Å². The highest BCUT2D eigenvalue weighted by Crippen LogP contribution is 2.35. The molecule has 0 unspecified atom stereocenters. The number of amides is 2. The third kappa shape index (κ3) is 3.87. The van der Waals surface area contributed by atoms with E-state index in [1.54, 1.807) is 39.7 Å². The monoisotopic (exact) mass is 436 g/mol. The zero-order chi connectivity index (χ0) is 20.5. The van der Waals surface area contributed by atoms with E-state index in [0.717, 1.165) is 29.5 Å². The van der Waals surface area contributed by atoms with E-state index in [9.17, 15) is 14.4 Å². The lowest BCUT2D eigenvalue weighted by Crippen LogP contribution is -2.51. The van der Waals surface area contributed by atoms with Gasteiger partial charge < -0.3 is 14.5 Å². The van der Waals surface area contributed by atoms with Gasteiger partial charge in [0, 0.05) is 38.1 Å². The Kier molecular flexibility index (Phi) is 5.82. The Balaban J connectivity index is 1.40. The van der Waals surface area contributed by atoms with Gasteiger partial charge in [0.05, 0.1) is 17.7 Å². The van der Waals surface area contributed by atoms with Gasteiger partial charge in [-0.25, -0.2) is 9.78 Å². The summed E-state index contributed by atoms with van der Waals surface area (Å²) < 4.78 is 6.56. The van der Waals surface area contributed by atoms with Crippen molar-refractivity contribution in [3.05, 3.63) is 20.8 Å². The maximum Gasteiger partial charge on any atom is 0.409 e. The number of rotatable bonds is 4. The second kappa shape index (κ2) is 8.35. The van der Waals surface area contributed by atoms with Gasteiger partial charge >= 0.3 is 6.09 Å². The summed E-state index contributed by atoms with van der Waals surface area (Å²) in [5.41, 5.74) is 1.15. The van der Waals surface area contributed by atoms with Gasteiger partial charge in [-0.15, -0.1) is 11.3 Å². The fourth-order valence-corrected chi connectivity index (χ4v) is 5.98. The summed E-state index contributed by atoms with van der Waals surface area (Å²) in [6.45, 7) is 4.04. The fourth-order valence-electron chi connectivity index (χ4n) is 3.81. The van der Waals surface area contributed by atoms with Gasteiger partial charge in [-0.2, -0.15) is 0 Å². The molecule has 1 saturated heterocycles. The summed E-state index contributed by atoms with van der Waals surface area (Å²) in [6.07, 6.45) is 2.76. The van der Waals surface area contributed by atoms with Gasteiger partial charge in [0.25, 0.3) is 5.56 Å². The van der Waals surface area contributed by atoms with Crippen molar-refractivity contribution in [2.45, 2.75) is 31.3 Å². The summed E-state index contributed by atoms with van der Waals surface area (Å²) in [7, 11) is 1.72. The van der Waals surface area contributed by atoms with E-state index in [4.69, 9.17) is 4.74 Å². The molecule has 0 N–H and O–H groups in total. The molecule has 2 aromatic heterocycles. The lowest BCUT2D eigenvalue weighted by atomic mass is 10.2. The van der Waals surface area contributed by atoms with Gasteiger partial charge in [0.15, 0.2) is 5.16 Å². The number of thiophene rings is 1. The molecule has 4 rings (SSSR count). The minimum Gasteiger partial charge on any atom is -0.450 e. The topological polar surface area (TPSA) is 84.7 Å². The fraction of sp³-hybridized carbons (Fsp3) is 0.579. The molecule has 2 aromatic rings. The molecule has 156 valence electrons. The Morgan fingerprint density at radius 2 is 1.90 bits per heavy atom. The standard InChI is InChI=1S/C19H24N4O4S2/c1-3-27-19(26)23-9-7-22(8-10-23)14(24)11-28-18-20-16-15(17(25)21(18)2)12-5-4-6-13(12)29-16/h3-11H2,1-2H3. The highest BCUT2D eigenvalue weighted by atomic mass is 32.2. The molecule has 0 bridgehead atoms. The molecule has 1 aliphatic carbocycles. The summed E-state index contributed by atoms with van der Waals surface area (Å²) in [5.74, 6) is 0.206. The predicted molar refractivity (Wildman–Crippen MR) is 113 cm³/mol. The smallest absolute Gasteiger partial charge is 0.409 e. The van der Waals surface area contributed by atoms with E-state index in [0.29, 0.717) is 37.9 Å². The largest absolute Gasteiger partial charge is 0.450 e. The zero-order valence-electron chi connectivity index (χ0n) is 16.6. The molecule has 3 heterocycles. The molecular formula is C19H24N4O4S2. The van der Waals surface area contributed by atoms with Gasteiger partial charge in [-0.3, -0.25) is 14.2 Å². The maximum atomic E-state index is 12.8. The normalized spacial score (nSPS) is 16.3. The van der Waals surface area contributed by atoms with E-state index < -0.39 is 0 Å². The molecule has 0 radical (unpaired) electrons. The molecule has 0 aromatic carbocycles. The number of thioether (sulfide) groups is 1. The second-order valence-corrected chi connectivity index (χ2v) is 9.18. The van der Waals surface area contributed by atoms with Gasteiger partial charge in [-0.05, 0) is 31.7 Å². The maximum absolute atomic E-state index is 12.8. The first kappa shape index (κ1) is 20.2. The molecule has 10 heteroatoms. The first-order valence-electron chi connectivity index (χ1n) is 9.83. The lowest BCUT2D eigenvalue weighted by molar-refractivity contribution is -0.129. The average Bonchev–Trinajstić information content (AvgIpc) is 3.30. The van der Waals surface area contributed by atoms with Crippen molar-refractivity contribution in [2.24, 2.45) is 7.05 Å². The Morgan fingerprint density at radius 1 is 1.17 bits per heavy atom. The molecule has 0 saturated carbocycles. The van der Waals surface area contributed by atoms with Crippen molar-refractivity contribution in [1.29, 1.82) is 0 Å². The van der Waals surface area contributed by atoms with Gasteiger partial charge in [0.1, 0.15) is 4.83 Å². The van der Waals surface area contributed by atoms with Crippen molar-refractivity contribution < 1.29 is 14.3 Å². The number of carbonyl (C=O) groups excluding carboxylic acids is 2. The van der Waals surface area contributed by atoms with Crippen LogP contribution in [-0.2, 0) is 29.4 Å². The van der Waals surface area contributed by atoms with E-state index >= 15 is 0 Å². The van der Waals surface area contributed by atoms with Crippen LogP contribution in [0.4, 0.5) is 4.79 Å². The quantitative estimate of drug-likeness (QED) is 0.537. The first-order valence-corrected chi connectivity index (χ1v) is 11.6. The second-order valence-electron chi connectivity index (χ2n) is 7.15. The number of ether oxygens (including phenoxy) is 1. The van der Waals surface area contributed by atoms with Crippen LogP contribution in [-0.4, -0.2) is 69.9 Å². The van der Waals surface area contributed by atoms with Crippen LogP contribution < -0.4 is 5.56 Å². The molecule has 0 atom stereocenters. The Hall–Kier alpha value is -2.07. The number of fused-ring (bicyclic) bond motifs is 3. The summed E-state index contributed by atoms with van der Waals surface area (Å²) in [4.78, 5) is 47.3. The van der Waals surface area contributed by atoms with Crippen LogP contribution in [0.5, 0.6) is 0 Å². The van der Waals surface area contributed by atoms with Crippen LogP contribution in [0.1, 0.15) is 23.8 Å². The van der Waals surface area contributed by atoms with Gasteiger partial charge in [-0.1, -0.05) is 11.8 Å². The van der Waals surface area contributed by atoms with Crippen molar-refractivity contribution in [3.8, 4) is 0 Å².